The molecule has 0 atom stereocenters. The summed E-state index contributed by atoms with van der Waals surface area (Å²) in [4.78, 5) is 11.9. The van der Waals surface area contributed by atoms with Crippen molar-refractivity contribution >= 4 is 11.7 Å². The van der Waals surface area contributed by atoms with E-state index in [0.29, 0.717) is 31.6 Å². The Bertz CT molecular complexity index is 721. The summed E-state index contributed by atoms with van der Waals surface area (Å²) in [6.07, 6.45) is 6.60. The van der Waals surface area contributed by atoms with E-state index in [-0.39, 0.29) is 11.6 Å². The molecule has 0 aliphatic rings. The highest BCUT2D eigenvalue weighted by Gasteiger charge is 2.15. The number of aromatic nitrogens is 3. The van der Waals surface area contributed by atoms with Gasteiger partial charge in [0, 0.05) is 12.8 Å². The molecular formula is C16H15N5O. The third-order valence-electron chi connectivity index (χ3n) is 3.00. The lowest BCUT2D eigenvalue weighted by atomic mass is 10.2. The lowest BCUT2D eigenvalue weighted by Gasteiger charge is -2.08. The number of anilines is 1. The number of nitrogens with zero attached hydrogens (tertiary/aromatic N) is 4. The van der Waals surface area contributed by atoms with Crippen LogP contribution in [0.25, 0.3) is 0 Å². The van der Waals surface area contributed by atoms with Gasteiger partial charge in [0.1, 0.15) is 6.07 Å². The zero-order valence-electron chi connectivity index (χ0n) is 12.0. The smallest absolute Gasteiger partial charge is 0.225 e. The van der Waals surface area contributed by atoms with Crippen LogP contribution in [-0.2, 0) is 11.3 Å². The Morgan fingerprint density at radius 1 is 1.36 bits per heavy atom. The molecule has 0 aliphatic heterocycles. The van der Waals surface area contributed by atoms with Crippen molar-refractivity contribution in [3.63, 3.8) is 0 Å². The molecule has 1 heterocycles. The van der Waals surface area contributed by atoms with Gasteiger partial charge in [-0.25, -0.2) is 4.68 Å². The lowest BCUT2D eigenvalue weighted by molar-refractivity contribution is -0.116. The molecule has 6 heteroatoms. The van der Waals surface area contributed by atoms with Crippen LogP contribution >= 0.6 is 0 Å². The van der Waals surface area contributed by atoms with E-state index in [1.807, 2.05) is 36.4 Å². The van der Waals surface area contributed by atoms with Crippen molar-refractivity contribution in [3.05, 3.63) is 41.6 Å². The second-order valence-corrected chi connectivity index (χ2v) is 4.65. The molecule has 0 radical (unpaired) electrons. The number of amides is 1. The number of nitrogens with one attached hydrogen (secondary N) is 1. The topological polar surface area (TPSA) is 83.6 Å². The number of nitriles is 1. The van der Waals surface area contributed by atoms with E-state index in [1.165, 1.54) is 4.68 Å². The maximum Gasteiger partial charge on any atom is 0.225 e. The van der Waals surface area contributed by atoms with Crippen LogP contribution in [0.4, 0.5) is 5.82 Å². The molecule has 0 saturated heterocycles. The lowest BCUT2D eigenvalue weighted by Crippen LogP contribution is -2.16. The fourth-order valence-corrected chi connectivity index (χ4v) is 1.92. The Labute approximate surface area is 128 Å². The molecule has 1 amide bonds. The first-order valence-electron chi connectivity index (χ1n) is 6.85. The predicted octanol–water partition coefficient (Wildman–Crippen LogP) is 1.94. The molecule has 110 valence electrons. The Morgan fingerprint density at radius 3 is 2.82 bits per heavy atom. The maximum atomic E-state index is 11.9. The zero-order chi connectivity index (χ0) is 15.8. The molecule has 0 saturated carbocycles. The summed E-state index contributed by atoms with van der Waals surface area (Å²) in [5.41, 5.74) is 1.10. The molecule has 0 spiro atoms. The second-order valence-electron chi connectivity index (χ2n) is 4.65. The Balaban J connectivity index is 2.12. The number of hydrogen-bond acceptors (Lipinski definition) is 4. The van der Waals surface area contributed by atoms with Gasteiger partial charge in [-0.1, -0.05) is 35.5 Å². The van der Waals surface area contributed by atoms with Gasteiger partial charge in [-0.2, -0.15) is 5.26 Å². The van der Waals surface area contributed by atoms with Crippen molar-refractivity contribution in [2.75, 3.05) is 5.32 Å². The summed E-state index contributed by atoms with van der Waals surface area (Å²) in [5, 5.41) is 19.5. The molecule has 0 bridgehead atoms. The van der Waals surface area contributed by atoms with E-state index >= 15 is 0 Å². The van der Waals surface area contributed by atoms with Crippen LogP contribution in [0, 0.1) is 23.7 Å². The number of unbranched alkanes of at least 4 members (excludes halogenated alkanes) is 1. The van der Waals surface area contributed by atoms with Crippen LogP contribution in [0.5, 0.6) is 0 Å². The first-order valence-corrected chi connectivity index (χ1v) is 6.85. The van der Waals surface area contributed by atoms with E-state index in [1.54, 1.807) is 0 Å². The highest BCUT2D eigenvalue weighted by Crippen LogP contribution is 2.14. The van der Waals surface area contributed by atoms with Gasteiger partial charge in [-0.15, -0.1) is 17.4 Å². The molecule has 1 N–H and O–H groups in total. The predicted molar refractivity (Wildman–Crippen MR) is 81.6 cm³/mol. The summed E-state index contributed by atoms with van der Waals surface area (Å²) in [7, 11) is 0. The third-order valence-corrected chi connectivity index (χ3v) is 3.00. The van der Waals surface area contributed by atoms with Gasteiger partial charge >= 0.3 is 0 Å². The van der Waals surface area contributed by atoms with E-state index in [9.17, 15) is 4.79 Å². The largest absolute Gasteiger partial charge is 0.308 e. The van der Waals surface area contributed by atoms with Crippen LogP contribution in [0.15, 0.2) is 30.3 Å². The summed E-state index contributed by atoms with van der Waals surface area (Å²) in [6.45, 7) is 0.426. The van der Waals surface area contributed by atoms with Gasteiger partial charge in [-0.05, 0) is 12.0 Å². The van der Waals surface area contributed by atoms with Crippen molar-refractivity contribution in [3.8, 4) is 18.4 Å². The molecule has 0 aliphatic carbocycles. The summed E-state index contributed by atoms with van der Waals surface area (Å²) in [6, 6.07) is 11.5. The summed E-state index contributed by atoms with van der Waals surface area (Å²) in [5.74, 6) is 2.60. The number of carbonyl (C=O) groups is 1. The molecule has 2 rings (SSSR count). The zero-order valence-corrected chi connectivity index (χ0v) is 12.0. The highest BCUT2D eigenvalue weighted by atomic mass is 16.1. The number of hydrogen-bond donors (Lipinski definition) is 1. The standard InChI is InChI=1S/C16H15N5O/c1-2-3-5-10-15(22)18-16-14(11-17)19-20-21(16)12-13-8-6-4-7-9-13/h1,4,6-9H,3,5,10,12H2,(H,18,22). The van der Waals surface area contributed by atoms with Crippen LogP contribution in [0.1, 0.15) is 30.5 Å². The van der Waals surface area contributed by atoms with Gasteiger partial charge in [0.2, 0.25) is 11.6 Å². The number of benzene rings is 1. The van der Waals surface area contributed by atoms with Crippen LogP contribution in [0.2, 0.25) is 0 Å². The maximum absolute atomic E-state index is 11.9. The highest BCUT2D eigenvalue weighted by molar-refractivity contribution is 5.90. The van der Waals surface area contributed by atoms with Crippen molar-refractivity contribution in [1.82, 2.24) is 15.0 Å². The minimum Gasteiger partial charge on any atom is -0.308 e. The second kappa shape index (κ2) is 7.61. The van der Waals surface area contributed by atoms with Crippen molar-refractivity contribution in [2.45, 2.75) is 25.8 Å². The molecule has 6 nitrogen and oxygen atoms in total. The summed E-state index contributed by atoms with van der Waals surface area (Å²) < 4.78 is 1.51. The fraction of sp³-hybridized carbons (Fsp3) is 0.250. The number of carbonyl (C=O) groups excluding carboxylic acids is 1. The quantitative estimate of drug-likeness (QED) is 0.651. The Hall–Kier alpha value is -3.12. The SMILES string of the molecule is C#CCCCC(=O)Nc1c(C#N)nnn1Cc1ccccc1. The molecule has 1 aromatic heterocycles. The monoisotopic (exact) mass is 293 g/mol. The molecule has 0 unspecified atom stereocenters. The average Bonchev–Trinajstić information content (AvgIpc) is 2.90. The molecular weight excluding hydrogens is 278 g/mol. The van der Waals surface area contributed by atoms with Crippen LogP contribution < -0.4 is 5.32 Å². The van der Waals surface area contributed by atoms with Gasteiger partial charge in [-0.3, -0.25) is 4.79 Å². The van der Waals surface area contributed by atoms with Crippen molar-refractivity contribution < 1.29 is 4.79 Å². The summed E-state index contributed by atoms with van der Waals surface area (Å²) >= 11 is 0. The first-order chi connectivity index (χ1) is 10.7. The number of rotatable bonds is 6. The van der Waals surface area contributed by atoms with Crippen molar-refractivity contribution in [1.29, 1.82) is 5.26 Å². The fourth-order valence-electron chi connectivity index (χ4n) is 1.92. The average molecular weight is 293 g/mol. The van der Waals surface area contributed by atoms with E-state index in [4.69, 9.17) is 11.7 Å². The normalized spacial score (nSPS) is 9.73. The number of terminal acetylenes is 1. The van der Waals surface area contributed by atoms with Crippen LogP contribution in [-0.4, -0.2) is 20.9 Å². The van der Waals surface area contributed by atoms with Gasteiger partial charge in [0.05, 0.1) is 6.54 Å². The molecule has 2 aromatic rings. The van der Waals surface area contributed by atoms with Crippen molar-refractivity contribution in [2.24, 2.45) is 0 Å². The Kier molecular flexibility index (Phi) is 5.28. The Morgan fingerprint density at radius 2 is 2.14 bits per heavy atom. The van der Waals surface area contributed by atoms with Gasteiger partial charge < -0.3 is 5.32 Å². The first kappa shape index (κ1) is 15.3. The van der Waals surface area contributed by atoms with E-state index in [2.05, 4.69) is 21.5 Å². The molecule has 1 aromatic carbocycles. The van der Waals surface area contributed by atoms with E-state index in [0.717, 1.165) is 5.56 Å². The molecule has 0 fully saturated rings. The van der Waals surface area contributed by atoms with Gasteiger partial charge in [0.25, 0.3) is 0 Å². The van der Waals surface area contributed by atoms with Gasteiger partial charge in [0.15, 0.2) is 5.82 Å². The van der Waals surface area contributed by atoms with E-state index < -0.39 is 0 Å². The molecule has 22 heavy (non-hydrogen) atoms. The minimum atomic E-state index is -0.205. The minimum absolute atomic E-state index is 0.0984. The van der Waals surface area contributed by atoms with Crippen LogP contribution in [0.3, 0.4) is 0 Å². The third kappa shape index (κ3) is 3.94.